The Morgan fingerprint density at radius 2 is 2.29 bits per heavy atom. The van der Waals surface area contributed by atoms with E-state index < -0.39 is 0 Å². The zero-order chi connectivity index (χ0) is 12.1. The first-order chi connectivity index (χ1) is 8.31. The zero-order valence-corrected chi connectivity index (χ0v) is 11.4. The van der Waals surface area contributed by atoms with Crippen molar-refractivity contribution in [3.05, 3.63) is 29.8 Å². The van der Waals surface area contributed by atoms with Gasteiger partial charge < -0.3 is 10.1 Å². The highest BCUT2D eigenvalue weighted by Gasteiger charge is 2.17. The Labute approximate surface area is 108 Å². The highest BCUT2D eigenvalue weighted by molar-refractivity contribution is 7.99. The van der Waals surface area contributed by atoms with Crippen molar-refractivity contribution in [2.45, 2.75) is 19.4 Å². The molecular formula is C14H21NOS. The largest absolute Gasteiger partial charge is 0.496 e. The molecule has 1 saturated heterocycles. The maximum absolute atomic E-state index is 5.39. The maximum atomic E-state index is 5.39. The number of hydrogen-bond donors (Lipinski definition) is 1. The van der Waals surface area contributed by atoms with Gasteiger partial charge in [-0.3, -0.25) is 0 Å². The van der Waals surface area contributed by atoms with Gasteiger partial charge in [0.2, 0.25) is 0 Å². The molecule has 0 aromatic heterocycles. The topological polar surface area (TPSA) is 21.3 Å². The molecule has 0 aliphatic carbocycles. The fraction of sp³-hybridized carbons (Fsp3) is 0.571. The lowest BCUT2D eigenvalue weighted by Gasteiger charge is -2.19. The molecule has 0 radical (unpaired) electrons. The van der Waals surface area contributed by atoms with Crippen molar-refractivity contribution in [2.75, 3.05) is 25.2 Å². The van der Waals surface area contributed by atoms with Crippen LogP contribution in [0.2, 0.25) is 0 Å². The molecule has 1 fully saturated rings. The summed E-state index contributed by atoms with van der Waals surface area (Å²) >= 11 is 2.07. The van der Waals surface area contributed by atoms with E-state index in [1.54, 1.807) is 7.11 Å². The number of para-hydroxylation sites is 1. The average Bonchev–Trinajstić information content (AvgIpc) is 2.89. The Hall–Kier alpha value is -0.670. The quantitative estimate of drug-likeness (QED) is 0.869. The van der Waals surface area contributed by atoms with E-state index in [1.165, 1.54) is 23.5 Å². The van der Waals surface area contributed by atoms with E-state index in [2.05, 4.69) is 36.1 Å². The van der Waals surface area contributed by atoms with Crippen LogP contribution in [-0.2, 0) is 0 Å². The highest BCUT2D eigenvalue weighted by Crippen LogP contribution is 2.26. The molecule has 1 aliphatic heterocycles. The van der Waals surface area contributed by atoms with Crippen LogP contribution in [0.3, 0.4) is 0 Å². The van der Waals surface area contributed by atoms with Crippen molar-refractivity contribution >= 4 is 11.8 Å². The molecule has 3 heteroatoms. The van der Waals surface area contributed by atoms with E-state index >= 15 is 0 Å². The molecule has 2 atom stereocenters. The minimum Gasteiger partial charge on any atom is -0.496 e. The third-order valence-corrected chi connectivity index (χ3v) is 4.57. The lowest BCUT2D eigenvalue weighted by molar-refractivity contribution is 0.397. The Kier molecular flexibility index (Phi) is 4.75. The van der Waals surface area contributed by atoms with Crippen LogP contribution in [0.25, 0.3) is 0 Å². The first-order valence-electron chi connectivity index (χ1n) is 6.25. The molecule has 94 valence electrons. The summed E-state index contributed by atoms with van der Waals surface area (Å²) in [6, 6.07) is 8.61. The van der Waals surface area contributed by atoms with Crippen molar-refractivity contribution in [3.63, 3.8) is 0 Å². The van der Waals surface area contributed by atoms with Gasteiger partial charge in [0, 0.05) is 11.6 Å². The first kappa shape index (κ1) is 12.8. The molecule has 2 nitrogen and oxygen atoms in total. The Balaban J connectivity index is 1.91. The molecule has 1 aromatic carbocycles. The Morgan fingerprint density at radius 3 is 3.00 bits per heavy atom. The van der Waals surface area contributed by atoms with E-state index in [0.29, 0.717) is 6.04 Å². The van der Waals surface area contributed by atoms with Crippen LogP contribution in [0.5, 0.6) is 5.75 Å². The summed E-state index contributed by atoms with van der Waals surface area (Å²) in [5.41, 5.74) is 1.25. The van der Waals surface area contributed by atoms with E-state index in [9.17, 15) is 0 Å². The molecule has 1 aromatic rings. The standard InChI is InChI=1S/C14H21NOS/c1-11(15-9-12-7-8-17-10-12)13-5-3-4-6-14(13)16-2/h3-6,11-12,15H,7-10H2,1-2H3/t11-,12?/m1/s1. The summed E-state index contributed by atoms with van der Waals surface area (Å²) in [4.78, 5) is 0. The van der Waals surface area contributed by atoms with Crippen molar-refractivity contribution in [3.8, 4) is 5.75 Å². The lowest BCUT2D eigenvalue weighted by atomic mass is 10.1. The molecule has 1 N–H and O–H groups in total. The summed E-state index contributed by atoms with van der Waals surface area (Å²) in [6.07, 6.45) is 1.36. The van der Waals surface area contributed by atoms with Crippen molar-refractivity contribution in [1.82, 2.24) is 5.32 Å². The summed E-state index contributed by atoms with van der Waals surface area (Å²) in [5.74, 6) is 4.46. The van der Waals surface area contributed by atoms with Gasteiger partial charge >= 0.3 is 0 Å². The van der Waals surface area contributed by atoms with Crippen LogP contribution in [0.4, 0.5) is 0 Å². The predicted molar refractivity (Wildman–Crippen MR) is 74.8 cm³/mol. The SMILES string of the molecule is COc1ccccc1[C@@H](C)NCC1CCSC1. The second kappa shape index (κ2) is 6.31. The fourth-order valence-corrected chi connectivity index (χ4v) is 3.51. The van der Waals surface area contributed by atoms with Crippen molar-refractivity contribution in [2.24, 2.45) is 5.92 Å². The minimum atomic E-state index is 0.358. The number of ether oxygens (including phenoxy) is 1. The van der Waals surface area contributed by atoms with Gasteiger partial charge in [0.25, 0.3) is 0 Å². The smallest absolute Gasteiger partial charge is 0.123 e. The molecule has 0 amide bonds. The van der Waals surface area contributed by atoms with Gasteiger partial charge in [0.1, 0.15) is 5.75 Å². The third kappa shape index (κ3) is 3.39. The van der Waals surface area contributed by atoms with Crippen molar-refractivity contribution in [1.29, 1.82) is 0 Å². The Bertz CT molecular complexity index is 350. The number of nitrogens with one attached hydrogen (secondary N) is 1. The van der Waals surface area contributed by atoms with Crippen LogP contribution >= 0.6 is 11.8 Å². The molecule has 1 heterocycles. The normalized spacial score (nSPS) is 21.4. The van der Waals surface area contributed by atoms with E-state index in [1.807, 2.05) is 12.1 Å². The number of methoxy groups -OCH3 is 1. The number of hydrogen-bond acceptors (Lipinski definition) is 3. The molecule has 17 heavy (non-hydrogen) atoms. The van der Waals surface area contributed by atoms with E-state index in [0.717, 1.165) is 18.2 Å². The summed E-state index contributed by atoms with van der Waals surface area (Å²) < 4.78 is 5.39. The van der Waals surface area contributed by atoms with Crippen LogP contribution in [0.1, 0.15) is 24.9 Å². The lowest BCUT2D eigenvalue weighted by Crippen LogP contribution is -2.26. The molecule has 1 aliphatic rings. The second-order valence-corrected chi connectivity index (χ2v) is 5.75. The number of benzene rings is 1. The second-order valence-electron chi connectivity index (χ2n) is 4.60. The van der Waals surface area contributed by atoms with Crippen LogP contribution < -0.4 is 10.1 Å². The van der Waals surface area contributed by atoms with Gasteiger partial charge in [-0.05, 0) is 43.4 Å². The first-order valence-corrected chi connectivity index (χ1v) is 7.40. The molecular weight excluding hydrogens is 230 g/mol. The van der Waals surface area contributed by atoms with Gasteiger partial charge in [0.15, 0.2) is 0 Å². The monoisotopic (exact) mass is 251 g/mol. The molecule has 2 rings (SSSR count). The Morgan fingerprint density at radius 1 is 1.47 bits per heavy atom. The third-order valence-electron chi connectivity index (χ3n) is 3.34. The highest BCUT2D eigenvalue weighted by atomic mass is 32.2. The van der Waals surface area contributed by atoms with Crippen LogP contribution in [0.15, 0.2) is 24.3 Å². The summed E-state index contributed by atoms with van der Waals surface area (Å²) in [5, 5.41) is 3.62. The minimum absolute atomic E-state index is 0.358. The zero-order valence-electron chi connectivity index (χ0n) is 10.6. The summed E-state index contributed by atoms with van der Waals surface area (Å²) in [6.45, 7) is 3.33. The van der Waals surface area contributed by atoms with Gasteiger partial charge in [-0.15, -0.1) is 0 Å². The molecule has 0 bridgehead atoms. The van der Waals surface area contributed by atoms with E-state index in [-0.39, 0.29) is 0 Å². The van der Waals surface area contributed by atoms with Gasteiger partial charge in [-0.25, -0.2) is 0 Å². The number of rotatable bonds is 5. The molecule has 0 spiro atoms. The van der Waals surface area contributed by atoms with Gasteiger partial charge in [-0.1, -0.05) is 18.2 Å². The van der Waals surface area contributed by atoms with Crippen molar-refractivity contribution < 1.29 is 4.74 Å². The van der Waals surface area contributed by atoms with Crippen LogP contribution in [-0.4, -0.2) is 25.2 Å². The van der Waals surface area contributed by atoms with Gasteiger partial charge in [-0.2, -0.15) is 11.8 Å². The predicted octanol–water partition coefficient (Wildman–Crippen LogP) is 3.10. The van der Waals surface area contributed by atoms with Gasteiger partial charge in [0.05, 0.1) is 7.11 Å². The fourth-order valence-electron chi connectivity index (χ4n) is 2.22. The van der Waals surface area contributed by atoms with E-state index in [4.69, 9.17) is 4.74 Å². The molecule has 1 unspecified atom stereocenters. The summed E-state index contributed by atoms with van der Waals surface area (Å²) in [7, 11) is 1.74. The molecule has 0 saturated carbocycles. The maximum Gasteiger partial charge on any atom is 0.123 e. The average molecular weight is 251 g/mol. The number of thioether (sulfide) groups is 1. The van der Waals surface area contributed by atoms with Crippen LogP contribution in [0, 0.1) is 5.92 Å².